The van der Waals surface area contributed by atoms with Gasteiger partial charge in [0.2, 0.25) is 41.6 Å². The van der Waals surface area contributed by atoms with E-state index in [1.165, 1.54) is 49.5 Å². The van der Waals surface area contributed by atoms with E-state index < -0.39 is 233 Å². The third-order valence-electron chi connectivity index (χ3n) is 25.4. The molecular weight excluding hydrogens is 1720 g/mol. The number of fused-ring (bicyclic) bond motifs is 15. The number of Topliss-reactive ketones (excluding diaryl/α,β-unsaturated/α-hetero) is 3. The molecule has 5 fully saturated rings. The van der Waals surface area contributed by atoms with Gasteiger partial charge >= 0.3 is 18.3 Å². The number of aromatic hydroxyl groups is 2. The van der Waals surface area contributed by atoms with Crippen molar-refractivity contribution in [3.05, 3.63) is 189 Å². The summed E-state index contributed by atoms with van der Waals surface area (Å²) in [7, 11) is 1.29. The zero-order valence-corrected chi connectivity index (χ0v) is 74.0. The number of phenolic OH excluding ortho intramolecular Hbond substituents is 2. The quantitative estimate of drug-likeness (QED) is 0.0358. The molecule has 15 N–H and O–H groups in total. The van der Waals surface area contributed by atoms with E-state index in [9.17, 15) is 59.7 Å². The van der Waals surface area contributed by atoms with Gasteiger partial charge in [0.1, 0.15) is 108 Å². The number of carbonyl (C=O) groups is 11. The molecule has 15 bridgehead atoms. The molecule has 130 heavy (non-hydrogen) atoms. The van der Waals surface area contributed by atoms with Gasteiger partial charge in [-0.1, -0.05) is 116 Å². The minimum atomic E-state index is -2.26. The highest BCUT2D eigenvalue weighted by atomic mass is 35.5. The highest BCUT2D eigenvalue weighted by molar-refractivity contribution is 6.32. The van der Waals surface area contributed by atoms with Crippen molar-refractivity contribution in [2.75, 3.05) is 13.7 Å². The molecule has 8 amide bonds. The topological polar surface area (TPSA) is 495 Å². The summed E-state index contributed by atoms with van der Waals surface area (Å²) in [4.78, 5) is 167. The number of aliphatic hydroxyl groups is 5. The SMILES string of the molecule is CC(C)C[C@H](C(=O)N[C@H]1C(=O)C[C@@H](CC(N)=O)C(=O)N[C@H]2C(=O)C[C@@H]3C(=O)N[C@H](C(=O)N[C@H](C(=O)CC4C5CC6CC(C5)CC4C6)c4cc(OC(=O)N[C@@H](C)c5ccccc5)cc(O)c4-c4cc3ccc4O)[C@H](O)c3ccc(c(Cl)c3)Oc3cc2cc(c3OC2O[C@H](COC(=O)N[C@@H](C)c3ccccc3)[C@@H](O)[C@H](O)[C@H]2O)Oc2ccc(cc2Cl)[C@H]1O)N(C)C(=O)OC(C)(C)C. The van der Waals surface area contributed by atoms with Crippen LogP contribution in [0.3, 0.4) is 0 Å². The van der Waals surface area contributed by atoms with Crippen LogP contribution in [0, 0.1) is 41.4 Å². The number of nitrogens with two attached hydrogens (primary N) is 1. The molecule has 4 aliphatic carbocycles. The second-order valence-electron chi connectivity index (χ2n) is 36.3. The zero-order chi connectivity index (χ0) is 93.3. The Balaban J connectivity index is 0.935. The minimum absolute atomic E-state index is 0.0434. The number of halogens is 2. The fraction of sp³-hybridized carbons (Fsp3) is 0.442. The third kappa shape index (κ3) is 21.2. The number of phenols is 2. The summed E-state index contributed by atoms with van der Waals surface area (Å²) < 4.78 is 43.3. The van der Waals surface area contributed by atoms with Crippen molar-refractivity contribution in [2.45, 2.75) is 209 Å². The van der Waals surface area contributed by atoms with Crippen molar-refractivity contribution in [3.63, 3.8) is 0 Å². The molecular formula is C95H106Cl2N8O25. The van der Waals surface area contributed by atoms with Crippen LogP contribution >= 0.6 is 23.2 Å². The third-order valence-corrected chi connectivity index (χ3v) is 26.0. The van der Waals surface area contributed by atoms with Crippen molar-refractivity contribution < 1.29 is 122 Å². The van der Waals surface area contributed by atoms with Gasteiger partial charge in [0.05, 0.1) is 34.0 Å². The van der Waals surface area contributed by atoms with Gasteiger partial charge in [0, 0.05) is 49.9 Å². The van der Waals surface area contributed by atoms with Crippen LogP contribution in [0.15, 0.2) is 140 Å². The number of benzene rings is 7. The van der Waals surface area contributed by atoms with E-state index in [0.717, 1.165) is 73.4 Å². The van der Waals surface area contributed by atoms with Crippen LogP contribution in [0.4, 0.5) is 14.4 Å². The summed E-state index contributed by atoms with van der Waals surface area (Å²) >= 11 is 14.5. The Morgan fingerprint density at radius 2 is 1.19 bits per heavy atom. The van der Waals surface area contributed by atoms with E-state index in [-0.39, 0.29) is 92.2 Å². The molecule has 7 aromatic rings. The Morgan fingerprint density at radius 1 is 0.608 bits per heavy atom. The number of primary amides is 1. The van der Waals surface area contributed by atoms with Gasteiger partial charge in [0.15, 0.2) is 28.8 Å². The molecule has 6 heterocycles. The number of ketones is 3. The molecule has 1 saturated heterocycles. The number of nitrogens with one attached hydrogen (secondary N) is 6. The molecule has 16 atom stereocenters. The van der Waals surface area contributed by atoms with E-state index in [4.69, 9.17) is 62.1 Å². The second-order valence-corrected chi connectivity index (χ2v) is 37.1. The highest BCUT2D eigenvalue weighted by Gasteiger charge is 2.52. The van der Waals surface area contributed by atoms with Gasteiger partial charge < -0.3 is 107 Å². The molecule has 6 aliphatic heterocycles. The van der Waals surface area contributed by atoms with Crippen molar-refractivity contribution in [1.29, 1.82) is 0 Å². The summed E-state index contributed by atoms with van der Waals surface area (Å²) in [5, 5.41) is 101. The van der Waals surface area contributed by atoms with Crippen molar-refractivity contribution in [3.8, 4) is 57.1 Å². The Labute approximate surface area is 758 Å². The molecule has 1 unspecified atom stereocenters. The first-order valence-electron chi connectivity index (χ1n) is 43.3. The van der Waals surface area contributed by atoms with Gasteiger partial charge in [0.25, 0.3) is 0 Å². The van der Waals surface area contributed by atoms with E-state index >= 15 is 28.8 Å². The first-order chi connectivity index (χ1) is 61.7. The lowest BCUT2D eigenvalue weighted by molar-refractivity contribution is -0.277. The molecule has 0 radical (unpaired) electrons. The maximum absolute atomic E-state index is 16.7. The Bertz CT molecular complexity index is 5480. The van der Waals surface area contributed by atoms with Crippen LogP contribution in [0.5, 0.6) is 46.0 Å². The average Bonchev–Trinajstić information content (AvgIpc) is 0.756. The van der Waals surface area contributed by atoms with Gasteiger partial charge in [-0.15, -0.1) is 0 Å². The number of hydrogen-bond acceptors (Lipinski definition) is 25. The van der Waals surface area contributed by atoms with Crippen LogP contribution < -0.4 is 56.6 Å². The predicted molar refractivity (Wildman–Crippen MR) is 468 cm³/mol. The Morgan fingerprint density at radius 3 is 1.77 bits per heavy atom. The van der Waals surface area contributed by atoms with Gasteiger partial charge in [-0.05, 0) is 202 Å². The monoisotopic (exact) mass is 1830 g/mol. The van der Waals surface area contributed by atoms with Gasteiger partial charge in [-0.2, -0.15) is 0 Å². The molecule has 7 aromatic carbocycles. The van der Waals surface area contributed by atoms with Crippen LogP contribution in [0.2, 0.25) is 10.0 Å². The summed E-state index contributed by atoms with van der Waals surface area (Å²) in [6, 6.07) is 21.7. The van der Waals surface area contributed by atoms with Gasteiger partial charge in [-0.3, -0.25) is 43.3 Å². The molecule has 4 saturated carbocycles. The predicted octanol–water partition coefficient (Wildman–Crippen LogP) is 11.1. The number of nitrogens with zero attached hydrogens (tertiary/aromatic N) is 1. The number of amides is 8. The van der Waals surface area contributed by atoms with Crippen molar-refractivity contribution in [2.24, 2.45) is 47.2 Å². The molecule has 690 valence electrons. The lowest BCUT2D eigenvalue weighted by Gasteiger charge is -2.54. The molecule has 17 rings (SSSR count). The van der Waals surface area contributed by atoms with Crippen molar-refractivity contribution in [1.82, 2.24) is 36.8 Å². The summed E-state index contributed by atoms with van der Waals surface area (Å²) in [5.74, 6) is -16.6. The average molecular weight is 1830 g/mol. The van der Waals surface area contributed by atoms with Gasteiger partial charge in [-0.25, -0.2) is 14.4 Å². The standard InChI is InChI=1S/C95H106Cl2N8O25/c1-43(2)25-64(105(8)94(123)130-95(5,6)7)89(119)103-79-67(108)34-56(37-75(98)111)87(117)101-77-55-35-72(126-70-23-20-51(81(79)112)32-62(70)96)86(129-91-85(116)84(115)83(114)74(128-91)42-124-92(121)99-44(3)48-15-11-9-12-16-48)73(36-55)127-71-24-21-52(33-63(71)97)82(113)80-90(120)102-78(69(110)40-58-53-27-46-26-47(29-53)30-54(58)28-46)61-38-57(125-93(122)100-45(4)49-17-13-10-14-18-49)39-66(107)76(61)60-31-50(19-22-65(60)106)59(41-68(77)109)88(118)104-80/h9-24,31-33,35-36,38-39,43-47,53-54,56,58-59,64,74,77-85,91,106-107,112-116H,25-30,34,37,40-42H2,1-8H3,(H2,98,111)(H,99,121)(H,100,122)(H,101,117)(H,102,120)(H,103,119)(H,104,118)/t44-,45-,46?,47?,53?,54?,56-,58?,59-,64+,74+,77+,78-,79-,80-,81+,82+,83+,84-,85+,91?/m0/s1. The lowest BCUT2D eigenvalue weighted by atomic mass is 9.51. The Hall–Kier alpha value is -12.0. The number of hydrogen-bond donors (Lipinski definition) is 14. The van der Waals surface area contributed by atoms with Crippen LogP contribution in [0.25, 0.3) is 11.1 Å². The number of carbonyl (C=O) groups excluding carboxylic acids is 11. The van der Waals surface area contributed by atoms with Crippen LogP contribution in [0.1, 0.15) is 194 Å². The number of rotatable bonds is 19. The molecule has 35 heteroatoms. The number of alkyl carbamates (subject to hydrolysis) is 1. The summed E-state index contributed by atoms with van der Waals surface area (Å²) in [5.41, 5.74) is 4.35. The Kier molecular flexibility index (Phi) is 28.5. The maximum Gasteiger partial charge on any atom is 0.413 e. The summed E-state index contributed by atoms with van der Waals surface area (Å²) in [6.45, 7) is 10.9. The highest BCUT2D eigenvalue weighted by Crippen LogP contribution is 2.59. The molecule has 10 aliphatic rings. The van der Waals surface area contributed by atoms with E-state index in [0.29, 0.717) is 23.0 Å². The number of aliphatic hydroxyl groups excluding tert-OH is 5. The number of likely N-dealkylation sites (N-methyl/N-ethyl adjacent to an activating group) is 1. The van der Waals surface area contributed by atoms with Crippen molar-refractivity contribution >= 4 is 88.4 Å². The smallest absolute Gasteiger partial charge is 0.413 e. The van der Waals surface area contributed by atoms with E-state index in [1.807, 2.05) is 0 Å². The fourth-order valence-electron chi connectivity index (χ4n) is 18.9. The maximum atomic E-state index is 16.7. The second kappa shape index (κ2) is 39.4. The van der Waals surface area contributed by atoms with E-state index in [1.54, 1.807) is 109 Å². The largest absolute Gasteiger partial charge is 0.507 e. The molecule has 33 nitrogen and oxygen atoms in total. The zero-order valence-electron chi connectivity index (χ0n) is 72.5. The molecule has 0 aromatic heterocycles. The first-order valence-corrected chi connectivity index (χ1v) is 44.1. The number of ether oxygens (including phenoxy) is 7. The molecule has 0 spiro atoms. The van der Waals surface area contributed by atoms with Crippen LogP contribution in [-0.2, 0) is 52.6 Å². The van der Waals surface area contributed by atoms with E-state index in [2.05, 4.69) is 31.9 Å². The normalized spacial score (nSPS) is 26.6. The fourth-order valence-corrected chi connectivity index (χ4v) is 19.4. The summed E-state index contributed by atoms with van der Waals surface area (Å²) in [6.07, 6.45) is -16.4. The minimum Gasteiger partial charge on any atom is -0.507 e. The lowest BCUT2D eigenvalue weighted by Crippen LogP contribution is -2.60. The first kappa shape index (κ1) is 94.2. The van der Waals surface area contributed by atoms with Crippen LogP contribution in [-0.4, -0.2) is 174 Å².